The third-order valence-electron chi connectivity index (χ3n) is 9.89. The minimum atomic E-state index is -4.21. The lowest BCUT2D eigenvalue weighted by Gasteiger charge is -2.65. The summed E-state index contributed by atoms with van der Waals surface area (Å²) in [5.41, 5.74) is -21.9. The lowest BCUT2D eigenvalue weighted by Crippen LogP contribution is -2.97. The fraction of sp³-hybridized carbons (Fsp3) is 0.171. The van der Waals surface area contributed by atoms with Crippen molar-refractivity contribution in [3.05, 3.63) is 179 Å². The van der Waals surface area contributed by atoms with E-state index < -0.39 is 80.4 Å². The van der Waals surface area contributed by atoms with Gasteiger partial charge in [-0.15, -0.1) is 0 Å². The summed E-state index contributed by atoms with van der Waals surface area (Å²) in [6, 6.07) is 33.7. The summed E-state index contributed by atoms with van der Waals surface area (Å²) < 4.78 is 0. The molecule has 0 radical (unpaired) electrons. The Morgan fingerprint density at radius 2 is 0.706 bits per heavy atom. The van der Waals surface area contributed by atoms with E-state index in [9.17, 15) is 45.0 Å². The number of aliphatic hydroxyl groups excluding tert-OH is 1. The molecule has 0 unspecified atom stereocenters. The molecule has 0 aliphatic heterocycles. The van der Waals surface area contributed by atoms with Gasteiger partial charge in [-0.2, -0.15) is 0 Å². The van der Waals surface area contributed by atoms with Crippen molar-refractivity contribution in [1.82, 2.24) is 0 Å². The van der Waals surface area contributed by atoms with Crippen molar-refractivity contribution in [1.29, 1.82) is 0 Å². The van der Waals surface area contributed by atoms with Crippen LogP contribution in [0.1, 0.15) is 47.0 Å². The molecule has 1 saturated carbocycles. The summed E-state index contributed by atoms with van der Waals surface area (Å²) in [5, 5.41) is 77.8. The highest BCUT2D eigenvalue weighted by molar-refractivity contribution is 6.21. The number of benzene rings is 5. The Labute approximate surface area is 292 Å². The van der Waals surface area contributed by atoms with Gasteiger partial charge in [-0.25, -0.2) is 0 Å². The van der Waals surface area contributed by atoms with Gasteiger partial charge < -0.3 is 30.6 Å². The van der Waals surface area contributed by atoms with E-state index in [0.29, 0.717) is 0 Å². The van der Waals surface area contributed by atoms with Crippen LogP contribution in [0.5, 0.6) is 0 Å². The van der Waals surface area contributed by atoms with Crippen LogP contribution in [-0.2, 0) is 6.42 Å². The van der Waals surface area contributed by atoms with Gasteiger partial charge in [-0.05, 0) is 5.56 Å². The Balaban J connectivity index is 1.81. The van der Waals surface area contributed by atoms with Crippen LogP contribution >= 0.6 is 0 Å². The van der Waals surface area contributed by atoms with E-state index in [1.165, 1.54) is 109 Å². The lowest BCUT2D eigenvalue weighted by atomic mass is 9.43. The second-order valence-electron chi connectivity index (χ2n) is 12.7. The Hall–Kier alpha value is -5.46. The maximum Gasteiger partial charge on any atom is 0.206 e. The number of hydrogen-bond acceptors (Lipinski definition) is 10. The summed E-state index contributed by atoms with van der Waals surface area (Å²) >= 11 is 0. The number of rotatable bonds is 10. The molecule has 258 valence electrons. The molecule has 6 rings (SSSR count). The Bertz CT molecular complexity index is 2080. The smallest absolute Gasteiger partial charge is 0.206 e. The molecule has 5 aromatic rings. The SMILES string of the molecule is O=C(c1ccccc1)[C@@]1(O)[C@](O)(C(=O)c2ccccc2)[C@@](O)(Cc2ccccc2)[C@](O)(C(=O)c2ccccc2)[C@@H](O)[C@]1(O)C(=O)c1ccccc1. The summed E-state index contributed by atoms with van der Waals surface area (Å²) in [4.78, 5) is 59.3. The number of carbonyl (C=O) groups is 4. The molecule has 1 aliphatic rings. The minimum Gasteiger partial charge on any atom is -0.386 e. The average Bonchev–Trinajstić information content (AvgIpc) is 3.19. The van der Waals surface area contributed by atoms with E-state index in [4.69, 9.17) is 0 Å². The maximum absolute atomic E-state index is 15.0. The Morgan fingerprint density at radius 3 is 1.08 bits per heavy atom. The number of carbonyl (C=O) groups excluding carboxylic acids is 4. The normalized spacial score (nSPS) is 28.8. The zero-order chi connectivity index (χ0) is 36.7. The summed E-state index contributed by atoms with van der Waals surface area (Å²) in [6.07, 6.45) is -4.35. The molecule has 10 heteroatoms. The van der Waals surface area contributed by atoms with E-state index in [-0.39, 0.29) is 11.1 Å². The van der Waals surface area contributed by atoms with Crippen LogP contribution in [-0.4, -0.2) is 87.9 Å². The maximum atomic E-state index is 15.0. The zero-order valence-corrected chi connectivity index (χ0v) is 27.0. The molecule has 0 heterocycles. The summed E-state index contributed by atoms with van der Waals surface area (Å²) in [7, 11) is 0. The van der Waals surface area contributed by atoms with Gasteiger partial charge in [-0.1, -0.05) is 152 Å². The first kappa shape index (κ1) is 35.4. The number of aliphatic hydroxyl groups is 6. The topological polar surface area (TPSA) is 190 Å². The van der Waals surface area contributed by atoms with Crippen molar-refractivity contribution in [3.63, 3.8) is 0 Å². The van der Waals surface area contributed by atoms with Crippen LogP contribution in [0.4, 0.5) is 0 Å². The van der Waals surface area contributed by atoms with Crippen molar-refractivity contribution < 1.29 is 49.8 Å². The van der Waals surface area contributed by atoms with E-state index in [0.717, 1.165) is 36.4 Å². The summed E-state index contributed by atoms with van der Waals surface area (Å²) in [5.74, 6) is -6.52. The standard InChI is InChI=1S/C41H34O10/c42-32(28-18-8-2-9-19-28)38(48)36(46)39(49,33(43)29-20-10-3-11-21-29)41(51,35(45)31-24-14-5-15-25-31)40(50,34(44)30-22-12-4-13-23-30)37(38,47)26-27-16-6-1-7-17-27/h1-25,36,46-51H,26H2/t36-,37-,38+,39-,40+,41+/m1/s1. The lowest BCUT2D eigenvalue weighted by molar-refractivity contribution is -0.351. The van der Waals surface area contributed by atoms with E-state index >= 15 is 4.79 Å². The van der Waals surface area contributed by atoms with E-state index in [1.807, 2.05) is 0 Å². The van der Waals surface area contributed by atoms with Crippen molar-refractivity contribution >= 4 is 23.1 Å². The average molecular weight is 687 g/mol. The Kier molecular flexibility index (Phi) is 9.03. The molecule has 0 saturated heterocycles. The molecule has 0 bridgehead atoms. The molecule has 1 aliphatic carbocycles. The predicted molar refractivity (Wildman–Crippen MR) is 184 cm³/mol. The first-order valence-corrected chi connectivity index (χ1v) is 16.0. The van der Waals surface area contributed by atoms with Crippen LogP contribution in [0.2, 0.25) is 0 Å². The Morgan fingerprint density at radius 1 is 0.412 bits per heavy atom. The van der Waals surface area contributed by atoms with Crippen LogP contribution in [0.15, 0.2) is 152 Å². The van der Waals surface area contributed by atoms with Crippen molar-refractivity contribution in [2.75, 3.05) is 0 Å². The van der Waals surface area contributed by atoms with Crippen LogP contribution in [0, 0.1) is 0 Å². The highest BCUT2D eigenvalue weighted by Crippen LogP contribution is 2.58. The van der Waals surface area contributed by atoms with Crippen molar-refractivity contribution in [2.45, 2.75) is 40.5 Å². The van der Waals surface area contributed by atoms with E-state index in [1.54, 1.807) is 6.07 Å². The van der Waals surface area contributed by atoms with Gasteiger partial charge in [0.1, 0.15) is 11.7 Å². The van der Waals surface area contributed by atoms with Gasteiger partial charge >= 0.3 is 0 Å². The van der Waals surface area contributed by atoms with Gasteiger partial charge in [0.25, 0.3) is 0 Å². The molecule has 10 nitrogen and oxygen atoms in total. The molecular weight excluding hydrogens is 652 g/mol. The van der Waals surface area contributed by atoms with Crippen LogP contribution in [0.3, 0.4) is 0 Å². The number of hydrogen-bond donors (Lipinski definition) is 6. The number of ketones is 4. The second kappa shape index (κ2) is 13.0. The third-order valence-corrected chi connectivity index (χ3v) is 9.89. The molecule has 6 atom stereocenters. The molecule has 0 spiro atoms. The monoisotopic (exact) mass is 686 g/mol. The van der Waals surface area contributed by atoms with Crippen LogP contribution in [0.25, 0.3) is 0 Å². The molecule has 0 aromatic heterocycles. The molecular formula is C41H34O10. The van der Waals surface area contributed by atoms with Gasteiger partial charge in [0.05, 0.1) is 0 Å². The zero-order valence-electron chi connectivity index (χ0n) is 27.0. The second-order valence-corrected chi connectivity index (χ2v) is 12.7. The quantitative estimate of drug-likeness (QED) is 0.119. The van der Waals surface area contributed by atoms with E-state index in [2.05, 4.69) is 0 Å². The van der Waals surface area contributed by atoms with Crippen LogP contribution < -0.4 is 0 Å². The highest BCUT2D eigenvalue weighted by Gasteiger charge is 2.90. The minimum absolute atomic E-state index is 0.0557. The summed E-state index contributed by atoms with van der Waals surface area (Å²) in [6.45, 7) is 0. The molecule has 1 fully saturated rings. The molecule has 0 amide bonds. The van der Waals surface area contributed by atoms with Gasteiger partial charge in [0, 0.05) is 28.7 Å². The van der Waals surface area contributed by atoms with Crippen molar-refractivity contribution in [3.8, 4) is 0 Å². The molecule has 51 heavy (non-hydrogen) atoms. The van der Waals surface area contributed by atoms with Crippen molar-refractivity contribution in [2.24, 2.45) is 0 Å². The fourth-order valence-electron chi connectivity index (χ4n) is 7.24. The highest BCUT2D eigenvalue weighted by atomic mass is 16.5. The molecule has 6 N–H and O–H groups in total. The van der Waals surface area contributed by atoms with Gasteiger partial charge in [0.2, 0.25) is 23.0 Å². The predicted octanol–water partition coefficient (Wildman–Crippen LogP) is 2.79. The first-order valence-electron chi connectivity index (χ1n) is 16.0. The van der Waals surface area contributed by atoms with Gasteiger partial charge in [0.15, 0.2) is 22.6 Å². The fourth-order valence-corrected chi connectivity index (χ4v) is 7.24. The van der Waals surface area contributed by atoms with Gasteiger partial charge in [-0.3, -0.25) is 19.2 Å². The molecule has 5 aromatic carbocycles. The number of Topliss-reactive ketones (excluding diaryl/α,β-unsaturated/α-hetero) is 4. The third kappa shape index (κ3) is 4.96. The largest absolute Gasteiger partial charge is 0.386 e. The first-order chi connectivity index (χ1) is 24.3.